The summed E-state index contributed by atoms with van der Waals surface area (Å²) in [6.07, 6.45) is 2.74. The van der Waals surface area contributed by atoms with Crippen molar-refractivity contribution in [2.45, 2.75) is 19.4 Å². The van der Waals surface area contributed by atoms with Crippen molar-refractivity contribution in [2.75, 3.05) is 13.1 Å². The van der Waals surface area contributed by atoms with E-state index in [-0.39, 0.29) is 11.9 Å². The zero-order valence-corrected chi connectivity index (χ0v) is 9.73. The van der Waals surface area contributed by atoms with E-state index in [0.717, 1.165) is 19.5 Å². The Hall–Kier alpha value is -1.36. The second-order valence-corrected chi connectivity index (χ2v) is 4.39. The van der Waals surface area contributed by atoms with Gasteiger partial charge in [0.15, 0.2) is 0 Å². The number of nitrogens with zero attached hydrogens (tertiary/aromatic N) is 2. The summed E-state index contributed by atoms with van der Waals surface area (Å²) in [6.45, 7) is 4.07. The Kier molecular flexibility index (Phi) is 3.24. The van der Waals surface area contributed by atoms with Crippen molar-refractivity contribution in [3.63, 3.8) is 0 Å². The van der Waals surface area contributed by atoms with Crippen molar-refractivity contribution in [3.05, 3.63) is 18.0 Å². The molecule has 2 unspecified atom stereocenters. The summed E-state index contributed by atoms with van der Waals surface area (Å²) in [7, 11) is 1.78. The van der Waals surface area contributed by atoms with Crippen LogP contribution in [0, 0.1) is 5.92 Å². The fourth-order valence-electron chi connectivity index (χ4n) is 2.02. The van der Waals surface area contributed by atoms with Gasteiger partial charge in [0.2, 0.25) is 0 Å². The van der Waals surface area contributed by atoms with Gasteiger partial charge in [-0.25, -0.2) is 0 Å². The number of hydrogen-bond donors (Lipinski definition) is 2. The third kappa shape index (κ3) is 2.24. The van der Waals surface area contributed by atoms with Crippen molar-refractivity contribution in [1.29, 1.82) is 0 Å². The number of amides is 1. The first kappa shape index (κ1) is 11.1. The van der Waals surface area contributed by atoms with E-state index in [1.807, 2.05) is 0 Å². The number of carbonyl (C=O) groups excluding carboxylic acids is 1. The lowest BCUT2D eigenvalue weighted by molar-refractivity contribution is 0.0905. The molecule has 1 aromatic rings. The van der Waals surface area contributed by atoms with Crippen molar-refractivity contribution in [3.8, 4) is 0 Å². The number of piperidine rings is 1. The van der Waals surface area contributed by atoms with Gasteiger partial charge in [-0.05, 0) is 24.9 Å². The van der Waals surface area contributed by atoms with E-state index in [2.05, 4.69) is 22.7 Å². The zero-order chi connectivity index (χ0) is 11.5. The third-order valence-corrected chi connectivity index (χ3v) is 3.20. The molecule has 1 aliphatic heterocycles. The van der Waals surface area contributed by atoms with E-state index in [0.29, 0.717) is 11.6 Å². The monoisotopic (exact) mass is 222 g/mol. The molecule has 1 saturated heterocycles. The van der Waals surface area contributed by atoms with Gasteiger partial charge in [0.05, 0.1) is 0 Å². The van der Waals surface area contributed by atoms with Gasteiger partial charge in [0.25, 0.3) is 5.91 Å². The van der Waals surface area contributed by atoms with E-state index in [9.17, 15) is 4.79 Å². The van der Waals surface area contributed by atoms with E-state index in [4.69, 9.17) is 0 Å². The number of aromatic nitrogens is 2. The Bertz CT molecular complexity index is 374. The SMILES string of the molecule is CC1CCNCC1NC(=O)c1ccnn1C. The number of carbonyl (C=O) groups is 1. The Balaban J connectivity index is 1.99. The van der Waals surface area contributed by atoms with Crippen LogP contribution in [0.4, 0.5) is 0 Å². The number of rotatable bonds is 2. The van der Waals surface area contributed by atoms with Crippen molar-refractivity contribution in [2.24, 2.45) is 13.0 Å². The molecule has 88 valence electrons. The van der Waals surface area contributed by atoms with E-state index < -0.39 is 0 Å². The van der Waals surface area contributed by atoms with E-state index >= 15 is 0 Å². The van der Waals surface area contributed by atoms with E-state index in [1.54, 1.807) is 24.0 Å². The van der Waals surface area contributed by atoms with Gasteiger partial charge in [-0.1, -0.05) is 6.92 Å². The van der Waals surface area contributed by atoms with Crippen LogP contribution >= 0.6 is 0 Å². The summed E-state index contributed by atoms with van der Waals surface area (Å²) in [6, 6.07) is 1.95. The van der Waals surface area contributed by atoms with Gasteiger partial charge in [-0.15, -0.1) is 0 Å². The molecule has 2 atom stereocenters. The highest BCUT2D eigenvalue weighted by Gasteiger charge is 2.23. The molecule has 0 aromatic carbocycles. The maximum absolute atomic E-state index is 11.9. The molecule has 1 aliphatic rings. The molecule has 5 heteroatoms. The molecule has 0 radical (unpaired) electrons. The van der Waals surface area contributed by atoms with Gasteiger partial charge in [-0.3, -0.25) is 9.48 Å². The van der Waals surface area contributed by atoms with Crippen molar-refractivity contribution < 1.29 is 4.79 Å². The maximum atomic E-state index is 11.9. The van der Waals surface area contributed by atoms with Crippen LogP contribution in [0.2, 0.25) is 0 Å². The third-order valence-electron chi connectivity index (χ3n) is 3.20. The Morgan fingerprint density at radius 1 is 1.69 bits per heavy atom. The van der Waals surface area contributed by atoms with Gasteiger partial charge in [0.1, 0.15) is 5.69 Å². The summed E-state index contributed by atoms with van der Waals surface area (Å²) in [5.74, 6) is 0.485. The molecular formula is C11H18N4O. The first-order valence-electron chi connectivity index (χ1n) is 5.68. The maximum Gasteiger partial charge on any atom is 0.269 e. The van der Waals surface area contributed by atoms with Crippen molar-refractivity contribution >= 4 is 5.91 Å². The Labute approximate surface area is 95.2 Å². The van der Waals surface area contributed by atoms with Crippen LogP contribution in [0.25, 0.3) is 0 Å². The summed E-state index contributed by atoms with van der Waals surface area (Å²) >= 11 is 0. The number of aryl methyl sites for hydroxylation is 1. The molecule has 0 saturated carbocycles. The molecule has 1 amide bonds. The molecule has 1 fully saturated rings. The predicted molar refractivity (Wildman–Crippen MR) is 61.1 cm³/mol. The second-order valence-electron chi connectivity index (χ2n) is 4.39. The van der Waals surface area contributed by atoms with E-state index in [1.165, 1.54) is 0 Å². The van der Waals surface area contributed by atoms with Crippen LogP contribution < -0.4 is 10.6 Å². The minimum Gasteiger partial charge on any atom is -0.346 e. The van der Waals surface area contributed by atoms with Crippen molar-refractivity contribution in [1.82, 2.24) is 20.4 Å². The summed E-state index contributed by atoms with van der Waals surface area (Å²) in [5.41, 5.74) is 0.609. The zero-order valence-electron chi connectivity index (χ0n) is 9.73. The normalized spacial score (nSPS) is 25.4. The van der Waals surface area contributed by atoms with Gasteiger partial charge in [-0.2, -0.15) is 5.10 Å². The largest absolute Gasteiger partial charge is 0.346 e. The fourth-order valence-corrected chi connectivity index (χ4v) is 2.02. The van der Waals surface area contributed by atoms with Crippen LogP contribution in [0.3, 0.4) is 0 Å². The van der Waals surface area contributed by atoms with Crippen LogP contribution in [-0.2, 0) is 7.05 Å². The molecule has 2 N–H and O–H groups in total. The standard InChI is InChI=1S/C11H18N4O/c1-8-3-5-12-7-9(8)14-11(16)10-4-6-13-15(10)2/h4,6,8-9,12H,3,5,7H2,1-2H3,(H,14,16). The quantitative estimate of drug-likeness (QED) is 0.748. The highest BCUT2D eigenvalue weighted by atomic mass is 16.2. The average Bonchev–Trinajstić information content (AvgIpc) is 2.68. The smallest absolute Gasteiger partial charge is 0.269 e. The minimum absolute atomic E-state index is 0.0412. The minimum atomic E-state index is -0.0412. The molecular weight excluding hydrogens is 204 g/mol. The molecule has 16 heavy (non-hydrogen) atoms. The fraction of sp³-hybridized carbons (Fsp3) is 0.636. The lowest BCUT2D eigenvalue weighted by Gasteiger charge is -2.30. The first-order chi connectivity index (χ1) is 7.68. The van der Waals surface area contributed by atoms with Gasteiger partial charge in [0, 0.05) is 25.8 Å². The Morgan fingerprint density at radius 3 is 3.12 bits per heavy atom. The van der Waals surface area contributed by atoms with Gasteiger partial charge >= 0.3 is 0 Å². The first-order valence-corrected chi connectivity index (χ1v) is 5.68. The molecule has 1 aromatic heterocycles. The highest BCUT2D eigenvalue weighted by molar-refractivity contribution is 5.92. The lowest BCUT2D eigenvalue weighted by Crippen LogP contribution is -2.50. The van der Waals surface area contributed by atoms with Crippen LogP contribution in [0.5, 0.6) is 0 Å². The number of nitrogens with one attached hydrogen (secondary N) is 2. The summed E-state index contributed by atoms with van der Waals surface area (Å²) in [4.78, 5) is 11.9. The lowest BCUT2D eigenvalue weighted by atomic mass is 9.95. The highest BCUT2D eigenvalue weighted by Crippen LogP contribution is 2.11. The Morgan fingerprint density at radius 2 is 2.50 bits per heavy atom. The molecule has 5 nitrogen and oxygen atoms in total. The second kappa shape index (κ2) is 4.65. The molecule has 2 heterocycles. The van der Waals surface area contributed by atoms with Crippen LogP contribution in [0.15, 0.2) is 12.3 Å². The predicted octanol–water partition coefficient (Wildman–Crippen LogP) is 0.148. The molecule has 0 aliphatic carbocycles. The van der Waals surface area contributed by atoms with Crippen LogP contribution in [-0.4, -0.2) is 34.8 Å². The van der Waals surface area contributed by atoms with Crippen LogP contribution in [0.1, 0.15) is 23.8 Å². The average molecular weight is 222 g/mol. The molecule has 0 bridgehead atoms. The molecule has 2 rings (SSSR count). The number of hydrogen-bond acceptors (Lipinski definition) is 3. The summed E-state index contributed by atoms with van der Waals surface area (Å²) in [5, 5.41) is 10.3. The topological polar surface area (TPSA) is 58.9 Å². The molecule has 0 spiro atoms. The van der Waals surface area contributed by atoms with Gasteiger partial charge < -0.3 is 10.6 Å². The summed E-state index contributed by atoms with van der Waals surface area (Å²) < 4.78 is 1.59.